The Hall–Kier alpha value is -0.390. The lowest BCUT2D eigenvalue weighted by molar-refractivity contribution is -0.144. The van der Waals surface area contributed by atoms with Crippen LogP contribution < -0.4 is 5.73 Å². The zero-order valence-electron chi connectivity index (χ0n) is 7.12. The molecule has 5 heteroatoms. The molecular weight excluding hydrogens is 254 g/mol. The van der Waals surface area contributed by atoms with Crippen LogP contribution in [0.15, 0.2) is 15.9 Å². The van der Waals surface area contributed by atoms with E-state index in [2.05, 4.69) is 15.9 Å². The lowest BCUT2D eigenvalue weighted by Gasteiger charge is -2.08. The maximum Gasteiger partial charge on any atom is 0.328 e. The van der Waals surface area contributed by atoms with Crippen LogP contribution in [0.3, 0.4) is 0 Å². The van der Waals surface area contributed by atoms with Crippen LogP contribution >= 0.6 is 27.3 Å². The van der Waals surface area contributed by atoms with E-state index in [1.165, 1.54) is 11.3 Å². The average molecular weight is 264 g/mol. The molecule has 13 heavy (non-hydrogen) atoms. The predicted molar refractivity (Wildman–Crippen MR) is 55.6 cm³/mol. The third kappa shape index (κ3) is 2.52. The van der Waals surface area contributed by atoms with E-state index in [9.17, 15) is 4.79 Å². The molecule has 0 aliphatic rings. The van der Waals surface area contributed by atoms with E-state index in [1.807, 2.05) is 11.4 Å². The maximum atomic E-state index is 11.2. The molecular formula is C8H10BrNO2S. The molecule has 0 fully saturated rings. The third-order valence-electron chi connectivity index (χ3n) is 1.47. The van der Waals surface area contributed by atoms with Gasteiger partial charge >= 0.3 is 5.97 Å². The number of rotatable bonds is 3. The summed E-state index contributed by atoms with van der Waals surface area (Å²) in [5.74, 6) is -0.384. The smallest absolute Gasteiger partial charge is 0.328 e. The Balaban J connectivity index is 2.73. The van der Waals surface area contributed by atoms with Crippen LogP contribution in [0.1, 0.15) is 17.8 Å². The fourth-order valence-corrected chi connectivity index (χ4v) is 2.47. The van der Waals surface area contributed by atoms with Crippen molar-refractivity contribution in [1.82, 2.24) is 0 Å². The number of thiophene rings is 1. The zero-order chi connectivity index (χ0) is 9.84. The van der Waals surface area contributed by atoms with Crippen LogP contribution in [0.4, 0.5) is 0 Å². The van der Waals surface area contributed by atoms with Crippen molar-refractivity contribution in [1.29, 1.82) is 0 Å². The molecule has 0 aliphatic carbocycles. The monoisotopic (exact) mass is 263 g/mol. The van der Waals surface area contributed by atoms with Crippen molar-refractivity contribution in [2.45, 2.75) is 13.0 Å². The van der Waals surface area contributed by atoms with E-state index in [0.717, 1.165) is 9.35 Å². The average Bonchev–Trinajstić information content (AvgIpc) is 2.50. The van der Waals surface area contributed by atoms with Crippen molar-refractivity contribution in [3.8, 4) is 0 Å². The van der Waals surface area contributed by atoms with Gasteiger partial charge in [-0.1, -0.05) is 0 Å². The van der Waals surface area contributed by atoms with Crippen molar-refractivity contribution < 1.29 is 9.53 Å². The largest absolute Gasteiger partial charge is 0.465 e. The zero-order valence-corrected chi connectivity index (χ0v) is 9.52. The summed E-state index contributed by atoms with van der Waals surface area (Å²) in [5, 5.41) is 1.87. The summed E-state index contributed by atoms with van der Waals surface area (Å²) >= 11 is 4.75. The topological polar surface area (TPSA) is 52.3 Å². The van der Waals surface area contributed by atoms with Gasteiger partial charge in [-0.3, -0.25) is 0 Å². The van der Waals surface area contributed by atoms with Gasteiger partial charge in [0.1, 0.15) is 6.04 Å². The summed E-state index contributed by atoms with van der Waals surface area (Å²) in [4.78, 5) is 12.0. The van der Waals surface area contributed by atoms with Crippen LogP contribution in [0.2, 0.25) is 0 Å². The number of hydrogen-bond donors (Lipinski definition) is 1. The quantitative estimate of drug-likeness (QED) is 0.850. The number of carbonyl (C=O) groups excluding carboxylic acids is 1. The van der Waals surface area contributed by atoms with Gasteiger partial charge in [0.15, 0.2) is 0 Å². The molecule has 1 aromatic rings. The highest BCUT2D eigenvalue weighted by Crippen LogP contribution is 2.28. The van der Waals surface area contributed by atoms with E-state index in [1.54, 1.807) is 6.92 Å². The highest BCUT2D eigenvalue weighted by Gasteiger charge is 2.20. The summed E-state index contributed by atoms with van der Waals surface area (Å²) in [6, 6.07) is 1.19. The summed E-state index contributed by atoms with van der Waals surface area (Å²) < 4.78 is 5.66. The minimum atomic E-state index is -0.672. The summed E-state index contributed by atoms with van der Waals surface area (Å²) in [7, 11) is 0. The van der Waals surface area contributed by atoms with Gasteiger partial charge in [0.25, 0.3) is 0 Å². The van der Waals surface area contributed by atoms with Crippen LogP contribution in [0.5, 0.6) is 0 Å². The molecule has 1 aromatic heterocycles. The van der Waals surface area contributed by atoms with Gasteiger partial charge in [-0.25, -0.2) is 4.79 Å². The Labute approximate surface area is 89.0 Å². The van der Waals surface area contributed by atoms with E-state index in [-0.39, 0.29) is 5.97 Å². The predicted octanol–water partition coefficient (Wildman–Crippen LogP) is 2.07. The Morgan fingerprint density at radius 2 is 2.54 bits per heavy atom. The minimum Gasteiger partial charge on any atom is -0.465 e. The molecule has 0 saturated heterocycles. The summed E-state index contributed by atoms with van der Waals surface area (Å²) in [5.41, 5.74) is 5.68. The first-order valence-electron chi connectivity index (χ1n) is 3.82. The molecule has 1 heterocycles. The number of halogens is 1. The van der Waals surface area contributed by atoms with Crippen molar-refractivity contribution >= 4 is 33.2 Å². The minimum absolute atomic E-state index is 0.357. The highest BCUT2D eigenvalue weighted by molar-refractivity contribution is 9.10. The molecule has 72 valence electrons. The van der Waals surface area contributed by atoms with Gasteiger partial charge in [-0.15, -0.1) is 11.3 Å². The van der Waals surface area contributed by atoms with Crippen LogP contribution in [-0.2, 0) is 9.53 Å². The first kappa shape index (κ1) is 10.7. The number of esters is 1. The van der Waals surface area contributed by atoms with Gasteiger partial charge in [0.05, 0.1) is 6.61 Å². The Morgan fingerprint density at radius 1 is 1.85 bits per heavy atom. The van der Waals surface area contributed by atoms with Crippen molar-refractivity contribution in [3.63, 3.8) is 0 Å². The molecule has 0 aromatic carbocycles. The van der Waals surface area contributed by atoms with Crippen molar-refractivity contribution in [2.24, 2.45) is 5.73 Å². The summed E-state index contributed by atoms with van der Waals surface area (Å²) in [6.45, 7) is 2.11. The molecule has 1 unspecified atom stereocenters. The molecule has 1 rings (SSSR count). The third-order valence-corrected chi connectivity index (χ3v) is 3.42. The Bertz CT molecular complexity index is 300. The first-order valence-corrected chi connectivity index (χ1v) is 5.49. The number of ether oxygens (including phenoxy) is 1. The van der Waals surface area contributed by atoms with E-state index in [0.29, 0.717) is 6.61 Å². The van der Waals surface area contributed by atoms with E-state index < -0.39 is 6.04 Å². The lowest BCUT2D eigenvalue weighted by Crippen LogP contribution is -2.23. The molecule has 3 nitrogen and oxygen atoms in total. The second-order valence-corrected chi connectivity index (χ2v) is 4.16. The van der Waals surface area contributed by atoms with Gasteiger partial charge in [0.2, 0.25) is 0 Å². The second-order valence-electron chi connectivity index (χ2n) is 2.36. The number of hydrogen-bond acceptors (Lipinski definition) is 4. The molecule has 0 saturated carbocycles. The van der Waals surface area contributed by atoms with Crippen molar-refractivity contribution in [2.75, 3.05) is 6.61 Å². The fourth-order valence-electron chi connectivity index (χ4n) is 0.866. The highest BCUT2D eigenvalue weighted by atomic mass is 79.9. The Morgan fingerprint density at radius 3 is 3.00 bits per heavy atom. The summed E-state index contributed by atoms with van der Waals surface area (Å²) in [6.07, 6.45) is 0. The normalized spacial score (nSPS) is 12.5. The fraction of sp³-hybridized carbons (Fsp3) is 0.375. The molecule has 2 N–H and O–H groups in total. The van der Waals surface area contributed by atoms with E-state index >= 15 is 0 Å². The van der Waals surface area contributed by atoms with E-state index in [4.69, 9.17) is 10.5 Å². The second kappa shape index (κ2) is 4.74. The van der Waals surface area contributed by atoms with Gasteiger partial charge < -0.3 is 10.5 Å². The number of carbonyl (C=O) groups is 1. The molecule has 1 atom stereocenters. The standard InChI is InChI=1S/C8H10BrNO2S/c1-2-12-8(11)6(10)7-5(9)3-4-13-7/h3-4,6H,2,10H2,1H3. The van der Waals surface area contributed by atoms with Crippen LogP contribution in [0.25, 0.3) is 0 Å². The molecule has 0 spiro atoms. The molecule has 0 bridgehead atoms. The van der Waals surface area contributed by atoms with Gasteiger partial charge in [-0.2, -0.15) is 0 Å². The maximum absolute atomic E-state index is 11.2. The van der Waals surface area contributed by atoms with Crippen LogP contribution in [-0.4, -0.2) is 12.6 Å². The first-order chi connectivity index (χ1) is 6.16. The lowest BCUT2D eigenvalue weighted by atomic mass is 10.2. The molecule has 0 radical (unpaired) electrons. The number of nitrogens with two attached hydrogens (primary N) is 1. The Kier molecular flexibility index (Phi) is 3.90. The van der Waals surface area contributed by atoms with Gasteiger partial charge in [-0.05, 0) is 34.3 Å². The van der Waals surface area contributed by atoms with Crippen LogP contribution in [0, 0.1) is 0 Å². The van der Waals surface area contributed by atoms with Gasteiger partial charge in [0, 0.05) is 9.35 Å². The molecule has 0 amide bonds. The molecule has 0 aliphatic heterocycles. The SMILES string of the molecule is CCOC(=O)C(N)c1sccc1Br. The van der Waals surface area contributed by atoms with Crippen molar-refractivity contribution in [3.05, 3.63) is 20.8 Å².